The highest BCUT2D eigenvalue weighted by atomic mass is 16.3. The molecule has 0 amide bonds. The predicted molar refractivity (Wildman–Crippen MR) is 74.9 cm³/mol. The van der Waals surface area contributed by atoms with Crippen molar-refractivity contribution in [1.29, 1.82) is 0 Å². The number of hydrogen-bond donors (Lipinski definition) is 1. The highest BCUT2D eigenvalue weighted by molar-refractivity contribution is 5.81. The van der Waals surface area contributed by atoms with Gasteiger partial charge in [-0.15, -0.1) is 0 Å². The molecule has 0 saturated carbocycles. The van der Waals surface area contributed by atoms with Crippen LogP contribution < -0.4 is 0 Å². The summed E-state index contributed by atoms with van der Waals surface area (Å²) in [6.07, 6.45) is 2.13. The zero-order valence-electron chi connectivity index (χ0n) is 10.9. The fraction of sp³-hybridized carbons (Fsp3) is 0.294. The molecular formula is C17H18O. The first-order chi connectivity index (χ1) is 8.73. The van der Waals surface area contributed by atoms with E-state index in [9.17, 15) is 5.11 Å². The molecule has 0 saturated heterocycles. The van der Waals surface area contributed by atoms with E-state index in [2.05, 4.69) is 44.2 Å². The van der Waals surface area contributed by atoms with Gasteiger partial charge >= 0.3 is 0 Å². The van der Waals surface area contributed by atoms with Crippen molar-refractivity contribution in [2.75, 3.05) is 0 Å². The number of phenols is 1. The Morgan fingerprint density at radius 3 is 2.28 bits per heavy atom. The standard InChI is InChI=1S/C17H18O/c1-3-17(4-2)15-8-6-5-7-13(15)14-10-9-12(18)11-16(14)17/h5-11,18H,3-4H2,1-2H3. The molecule has 0 radical (unpaired) electrons. The molecule has 0 atom stereocenters. The van der Waals surface area contributed by atoms with Crippen LogP contribution in [0.25, 0.3) is 11.1 Å². The molecule has 1 aliphatic carbocycles. The van der Waals surface area contributed by atoms with Gasteiger partial charge in [-0.1, -0.05) is 44.2 Å². The topological polar surface area (TPSA) is 20.2 Å². The third-order valence-electron chi connectivity index (χ3n) is 4.46. The molecule has 1 nitrogen and oxygen atoms in total. The summed E-state index contributed by atoms with van der Waals surface area (Å²) in [5.74, 6) is 0.368. The van der Waals surface area contributed by atoms with Crippen molar-refractivity contribution in [2.24, 2.45) is 0 Å². The van der Waals surface area contributed by atoms with Crippen LogP contribution in [0.3, 0.4) is 0 Å². The van der Waals surface area contributed by atoms with Gasteiger partial charge < -0.3 is 5.11 Å². The van der Waals surface area contributed by atoms with E-state index < -0.39 is 0 Å². The number of hydrogen-bond acceptors (Lipinski definition) is 1. The van der Waals surface area contributed by atoms with Crippen molar-refractivity contribution in [1.82, 2.24) is 0 Å². The van der Waals surface area contributed by atoms with Gasteiger partial charge in [-0.2, -0.15) is 0 Å². The van der Waals surface area contributed by atoms with Crippen LogP contribution in [0.5, 0.6) is 5.75 Å². The Hall–Kier alpha value is -1.76. The minimum atomic E-state index is 0.0741. The van der Waals surface area contributed by atoms with Gasteiger partial charge in [0.05, 0.1) is 0 Å². The molecule has 1 heteroatoms. The Balaban J connectivity index is 2.38. The second kappa shape index (κ2) is 3.88. The van der Waals surface area contributed by atoms with Crippen molar-refractivity contribution in [3.8, 4) is 16.9 Å². The van der Waals surface area contributed by atoms with Crippen molar-refractivity contribution in [3.05, 3.63) is 53.6 Å². The van der Waals surface area contributed by atoms with Gasteiger partial charge in [0.1, 0.15) is 5.75 Å². The summed E-state index contributed by atoms with van der Waals surface area (Å²) in [7, 11) is 0. The molecular weight excluding hydrogens is 220 g/mol. The summed E-state index contributed by atoms with van der Waals surface area (Å²) < 4.78 is 0. The molecule has 0 aromatic heterocycles. The lowest BCUT2D eigenvalue weighted by Gasteiger charge is -2.29. The smallest absolute Gasteiger partial charge is 0.115 e. The molecule has 0 heterocycles. The SMILES string of the molecule is CCC1(CC)c2ccccc2-c2ccc(O)cc21. The molecule has 0 unspecified atom stereocenters. The van der Waals surface area contributed by atoms with Gasteiger partial charge in [0, 0.05) is 5.41 Å². The van der Waals surface area contributed by atoms with E-state index >= 15 is 0 Å². The summed E-state index contributed by atoms with van der Waals surface area (Å²) in [6.45, 7) is 4.47. The molecule has 1 N–H and O–H groups in total. The largest absolute Gasteiger partial charge is 0.508 e. The predicted octanol–water partition coefficient (Wildman–Crippen LogP) is 4.48. The monoisotopic (exact) mass is 238 g/mol. The van der Waals surface area contributed by atoms with Crippen LogP contribution in [-0.2, 0) is 5.41 Å². The summed E-state index contributed by atoms with van der Waals surface area (Å²) in [4.78, 5) is 0. The zero-order valence-corrected chi connectivity index (χ0v) is 10.9. The van der Waals surface area contributed by atoms with Crippen LogP contribution in [0.15, 0.2) is 42.5 Å². The van der Waals surface area contributed by atoms with Crippen molar-refractivity contribution in [3.63, 3.8) is 0 Å². The van der Waals surface area contributed by atoms with Crippen molar-refractivity contribution in [2.45, 2.75) is 32.1 Å². The Morgan fingerprint density at radius 1 is 0.889 bits per heavy atom. The summed E-state index contributed by atoms with van der Waals surface area (Å²) in [5.41, 5.74) is 5.39. The quantitative estimate of drug-likeness (QED) is 0.818. The van der Waals surface area contributed by atoms with Crippen LogP contribution in [-0.4, -0.2) is 5.11 Å². The number of phenolic OH excluding ortho intramolecular Hbond substituents is 1. The van der Waals surface area contributed by atoms with E-state index in [1.54, 1.807) is 6.07 Å². The second-order valence-corrected chi connectivity index (χ2v) is 5.06. The summed E-state index contributed by atoms with van der Waals surface area (Å²) in [6, 6.07) is 14.4. The Bertz CT molecular complexity index is 594. The molecule has 92 valence electrons. The zero-order chi connectivity index (χ0) is 12.8. The first-order valence-electron chi connectivity index (χ1n) is 6.66. The highest BCUT2D eigenvalue weighted by Gasteiger charge is 2.40. The molecule has 2 aromatic rings. The maximum atomic E-state index is 9.80. The molecule has 1 aliphatic rings. The maximum Gasteiger partial charge on any atom is 0.115 e. The molecule has 0 spiro atoms. The van der Waals surface area contributed by atoms with E-state index in [1.165, 1.54) is 22.3 Å². The lowest BCUT2D eigenvalue weighted by molar-refractivity contribution is 0.462. The normalized spacial score (nSPS) is 15.2. The minimum Gasteiger partial charge on any atom is -0.508 e. The van der Waals surface area contributed by atoms with Crippen LogP contribution in [0.2, 0.25) is 0 Å². The van der Waals surface area contributed by atoms with E-state index in [0.717, 1.165) is 12.8 Å². The van der Waals surface area contributed by atoms with E-state index in [0.29, 0.717) is 5.75 Å². The van der Waals surface area contributed by atoms with Crippen LogP contribution in [0.1, 0.15) is 37.8 Å². The average molecular weight is 238 g/mol. The second-order valence-electron chi connectivity index (χ2n) is 5.06. The lowest BCUT2D eigenvalue weighted by Crippen LogP contribution is -2.22. The van der Waals surface area contributed by atoms with Crippen molar-refractivity contribution >= 4 is 0 Å². The third kappa shape index (κ3) is 1.28. The van der Waals surface area contributed by atoms with Gasteiger partial charge in [0.15, 0.2) is 0 Å². The van der Waals surface area contributed by atoms with Crippen molar-refractivity contribution < 1.29 is 5.11 Å². The average Bonchev–Trinajstić information content (AvgIpc) is 2.68. The number of benzene rings is 2. The first kappa shape index (κ1) is 11.3. The molecule has 0 bridgehead atoms. The van der Waals surface area contributed by atoms with E-state index in [4.69, 9.17) is 0 Å². The summed E-state index contributed by atoms with van der Waals surface area (Å²) in [5, 5.41) is 9.80. The van der Waals surface area contributed by atoms with Crippen LogP contribution in [0.4, 0.5) is 0 Å². The Labute approximate surface area is 108 Å². The van der Waals surface area contributed by atoms with E-state index in [1.807, 2.05) is 6.07 Å². The molecule has 3 rings (SSSR count). The van der Waals surface area contributed by atoms with Gasteiger partial charge in [-0.3, -0.25) is 0 Å². The molecule has 0 fully saturated rings. The van der Waals surface area contributed by atoms with Gasteiger partial charge in [0.25, 0.3) is 0 Å². The van der Waals surface area contributed by atoms with Gasteiger partial charge in [-0.25, -0.2) is 0 Å². The van der Waals surface area contributed by atoms with Crippen LogP contribution in [0, 0.1) is 0 Å². The number of aromatic hydroxyl groups is 1. The van der Waals surface area contributed by atoms with Crippen LogP contribution >= 0.6 is 0 Å². The molecule has 0 aliphatic heterocycles. The highest BCUT2D eigenvalue weighted by Crippen LogP contribution is 2.53. The lowest BCUT2D eigenvalue weighted by atomic mass is 9.74. The number of rotatable bonds is 2. The Morgan fingerprint density at radius 2 is 1.56 bits per heavy atom. The summed E-state index contributed by atoms with van der Waals surface area (Å²) >= 11 is 0. The first-order valence-corrected chi connectivity index (χ1v) is 6.66. The molecule has 2 aromatic carbocycles. The third-order valence-corrected chi connectivity index (χ3v) is 4.46. The maximum absolute atomic E-state index is 9.80. The Kier molecular flexibility index (Phi) is 2.44. The van der Waals surface area contributed by atoms with E-state index in [-0.39, 0.29) is 5.41 Å². The van der Waals surface area contributed by atoms with Gasteiger partial charge in [-0.05, 0) is 47.2 Å². The number of fused-ring (bicyclic) bond motifs is 3. The fourth-order valence-corrected chi connectivity index (χ4v) is 3.46. The minimum absolute atomic E-state index is 0.0741. The fourth-order valence-electron chi connectivity index (χ4n) is 3.46. The van der Waals surface area contributed by atoms with Gasteiger partial charge in [0.2, 0.25) is 0 Å². The molecule has 18 heavy (non-hydrogen) atoms.